The van der Waals surface area contributed by atoms with Gasteiger partial charge >= 0.3 is 0 Å². The van der Waals surface area contributed by atoms with Crippen molar-refractivity contribution in [1.29, 1.82) is 0 Å². The van der Waals surface area contributed by atoms with Crippen LogP contribution in [0.3, 0.4) is 0 Å². The number of ether oxygens (including phenoxy) is 3. The SMILES string of the molecule is CNCCCCc1nc2c3ccc(OC)cc3nc(NCc3ccc(OC)cc3OC)n2n1. The Hall–Kier alpha value is -3.59. The van der Waals surface area contributed by atoms with Crippen LogP contribution < -0.4 is 24.8 Å². The minimum absolute atomic E-state index is 0.502. The molecule has 0 fully saturated rings. The summed E-state index contributed by atoms with van der Waals surface area (Å²) >= 11 is 0. The lowest BCUT2D eigenvalue weighted by molar-refractivity contribution is 0.391. The van der Waals surface area contributed by atoms with Crippen molar-refractivity contribution >= 4 is 22.5 Å². The molecule has 0 unspecified atom stereocenters. The van der Waals surface area contributed by atoms with Crippen LogP contribution in [0.1, 0.15) is 24.2 Å². The Balaban J connectivity index is 1.69. The molecule has 2 N–H and O–H groups in total. The normalized spacial score (nSPS) is 11.2. The Labute approximate surface area is 193 Å². The molecule has 0 radical (unpaired) electrons. The fourth-order valence-corrected chi connectivity index (χ4v) is 3.74. The quantitative estimate of drug-likeness (QED) is 0.336. The van der Waals surface area contributed by atoms with Gasteiger partial charge in [0.05, 0.1) is 26.8 Å². The highest BCUT2D eigenvalue weighted by Crippen LogP contribution is 2.27. The third-order valence-electron chi connectivity index (χ3n) is 5.53. The Morgan fingerprint density at radius 1 is 0.909 bits per heavy atom. The van der Waals surface area contributed by atoms with E-state index in [1.807, 2.05) is 43.4 Å². The molecule has 2 heterocycles. The first-order valence-corrected chi connectivity index (χ1v) is 11.0. The molecular formula is C24H30N6O3. The van der Waals surface area contributed by atoms with Crippen LogP contribution in [-0.4, -0.2) is 54.5 Å². The molecular weight excluding hydrogens is 420 g/mol. The molecule has 0 amide bonds. The van der Waals surface area contributed by atoms with Crippen LogP contribution in [0.25, 0.3) is 16.6 Å². The van der Waals surface area contributed by atoms with Crippen molar-refractivity contribution in [2.75, 3.05) is 40.2 Å². The number of aryl methyl sites for hydroxylation is 1. The zero-order valence-corrected chi connectivity index (χ0v) is 19.5. The second kappa shape index (κ2) is 10.4. The van der Waals surface area contributed by atoms with Gasteiger partial charge in [0.15, 0.2) is 11.5 Å². The number of hydrogen-bond donors (Lipinski definition) is 2. The van der Waals surface area contributed by atoms with E-state index in [1.165, 1.54) is 0 Å². The van der Waals surface area contributed by atoms with E-state index in [9.17, 15) is 0 Å². The lowest BCUT2D eigenvalue weighted by Gasteiger charge is -2.13. The average molecular weight is 451 g/mol. The van der Waals surface area contributed by atoms with Gasteiger partial charge in [-0.3, -0.25) is 0 Å². The average Bonchev–Trinajstić information content (AvgIpc) is 3.29. The molecule has 2 aromatic heterocycles. The van der Waals surface area contributed by atoms with Crippen LogP contribution in [0.2, 0.25) is 0 Å². The van der Waals surface area contributed by atoms with Gasteiger partial charge in [0.1, 0.15) is 17.2 Å². The summed E-state index contributed by atoms with van der Waals surface area (Å²) in [4.78, 5) is 9.67. The summed E-state index contributed by atoms with van der Waals surface area (Å²) in [6, 6.07) is 11.6. The largest absolute Gasteiger partial charge is 0.497 e. The van der Waals surface area contributed by atoms with E-state index in [0.717, 1.165) is 71.0 Å². The summed E-state index contributed by atoms with van der Waals surface area (Å²) in [6.45, 7) is 1.48. The number of rotatable bonds is 11. The van der Waals surface area contributed by atoms with Crippen molar-refractivity contribution in [2.24, 2.45) is 0 Å². The van der Waals surface area contributed by atoms with E-state index < -0.39 is 0 Å². The summed E-state index contributed by atoms with van der Waals surface area (Å²) < 4.78 is 18.0. The standard InChI is InChI=1S/C24H30N6O3/c1-25-12-6-5-7-22-28-23-19-11-10-17(31-2)13-20(19)27-24(30(23)29-22)26-15-16-8-9-18(32-3)14-21(16)33-4/h8-11,13-14,25H,5-7,12,15H2,1-4H3,(H,26,27). The molecule has 0 saturated heterocycles. The molecule has 0 bridgehead atoms. The first-order chi connectivity index (χ1) is 16.2. The van der Waals surface area contributed by atoms with Crippen molar-refractivity contribution in [2.45, 2.75) is 25.8 Å². The second-order valence-corrected chi connectivity index (χ2v) is 7.67. The molecule has 2 aromatic carbocycles. The van der Waals surface area contributed by atoms with Gasteiger partial charge in [0.25, 0.3) is 0 Å². The highest BCUT2D eigenvalue weighted by atomic mass is 16.5. The van der Waals surface area contributed by atoms with Crippen molar-refractivity contribution in [3.63, 3.8) is 0 Å². The highest BCUT2D eigenvalue weighted by Gasteiger charge is 2.15. The minimum atomic E-state index is 0.502. The highest BCUT2D eigenvalue weighted by molar-refractivity contribution is 5.93. The van der Waals surface area contributed by atoms with E-state index in [2.05, 4.69) is 10.6 Å². The number of fused-ring (bicyclic) bond motifs is 3. The summed E-state index contributed by atoms with van der Waals surface area (Å²) in [7, 11) is 6.90. The van der Waals surface area contributed by atoms with Gasteiger partial charge in [-0.05, 0) is 50.7 Å². The van der Waals surface area contributed by atoms with Crippen molar-refractivity contribution in [1.82, 2.24) is 24.9 Å². The lowest BCUT2D eigenvalue weighted by atomic mass is 10.2. The molecule has 0 atom stereocenters. The summed E-state index contributed by atoms with van der Waals surface area (Å²) in [6.07, 6.45) is 2.90. The molecule has 9 heteroatoms. The van der Waals surface area contributed by atoms with E-state index in [-0.39, 0.29) is 0 Å². The molecule has 174 valence electrons. The third kappa shape index (κ3) is 4.93. The van der Waals surface area contributed by atoms with Crippen LogP contribution >= 0.6 is 0 Å². The Morgan fingerprint density at radius 2 is 1.70 bits per heavy atom. The third-order valence-corrected chi connectivity index (χ3v) is 5.53. The minimum Gasteiger partial charge on any atom is -0.497 e. The van der Waals surface area contributed by atoms with Crippen molar-refractivity contribution < 1.29 is 14.2 Å². The van der Waals surface area contributed by atoms with Gasteiger partial charge in [-0.1, -0.05) is 0 Å². The van der Waals surface area contributed by atoms with E-state index in [1.54, 1.807) is 25.8 Å². The van der Waals surface area contributed by atoms with Crippen LogP contribution in [0.15, 0.2) is 36.4 Å². The monoisotopic (exact) mass is 450 g/mol. The topological polar surface area (TPSA) is 94.8 Å². The van der Waals surface area contributed by atoms with Gasteiger partial charge in [0.2, 0.25) is 5.95 Å². The molecule has 9 nitrogen and oxygen atoms in total. The van der Waals surface area contributed by atoms with Gasteiger partial charge in [0, 0.05) is 36.0 Å². The number of nitrogens with one attached hydrogen (secondary N) is 2. The fraction of sp³-hybridized carbons (Fsp3) is 0.375. The van der Waals surface area contributed by atoms with Crippen LogP contribution in [0.4, 0.5) is 5.95 Å². The number of aromatic nitrogens is 4. The molecule has 4 aromatic rings. The van der Waals surface area contributed by atoms with Gasteiger partial charge < -0.3 is 24.8 Å². The Morgan fingerprint density at radius 3 is 2.45 bits per heavy atom. The Kier molecular flexibility index (Phi) is 7.09. The molecule has 33 heavy (non-hydrogen) atoms. The summed E-state index contributed by atoms with van der Waals surface area (Å²) in [5.74, 6) is 3.64. The first-order valence-electron chi connectivity index (χ1n) is 11.0. The van der Waals surface area contributed by atoms with Gasteiger partial charge in [-0.15, -0.1) is 5.10 Å². The maximum atomic E-state index is 5.54. The van der Waals surface area contributed by atoms with Crippen molar-refractivity contribution in [3.8, 4) is 17.2 Å². The summed E-state index contributed by atoms with van der Waals surface area (Å²) in [5.41, 5.74) is 2.54. The van der Waals surface area contributed by atoms with Crippen molar-refractivity contribution in [3.05, 3.63) is 47.8 Å². The van der Waals surface area contributed by atoms with Crippen LogP contribution in [0, 0.1) is 0 Å². The first kappa shape index (κ1) is 22.6. The van der Waals surface area contributed by atoms with E-state index in [0.29, 0.717) is 12.5 Å². The van der Waals surface area contributed by atoms with Crippen LogP contribution in [-0.2, 0) is 13.0 Å². The zero-order valence-electron chi connectivity index (χ0n) is 19.5. The molecule has 4 rings (SSSR count). The summed E-state index contributed by atoms with van der Waals surface area (Å²) in [5, 5.41) is 12.3. The smallest absolute Gasteiger partial charge is 0.226 e. The molecule has 0 aliphatic carbocycles. The lowest BCUT2D eigenvalue weighted by Crippen LogP contribution is -2.09. The number of hydrogen-bond acceptors (Lipinski definition) is 8. The molecule has 0 saturated carbocycles. The zero-order chi connectivity index (χ0) is 23.2. The Bertz CT molecular complexity index is 1240. The van der Waals surface area contributed by atoms with E-state index >= 15 is 0 Å². The van der Waals surface area contributed by atoms with Gasteiger partial charge in [-0.2, -0.15) is 4.52 Å². The van der Waals surface area contributed by atoms with Gasteiger partial charge in [-0.25, -0.2) is 9.97 Å². The molecule has 0 aliphatic rings. The predicted octanol–water partition coefficient (Wildman–Crippen LogP) is 3.46. The maximum Gasteiger partial charge on any atom is 0.226 e. The second-order valence-electron chi connectivity index (χ2n) is 7.67. The number of benzene rings is 2. The maximum absolute atomic E-state index is 5.54. The molecule has 0 spiro atoms. The predicted molar refractivity (Wildman–Crippen MR) is 129 cm³/mol. The van der Waals surface area contributed by atoms with Crippen LogP contribution in [0.5, 0.6) is 17.2 Å². The molecule has 0 aliphatic heterocycles. The fourth-order valence-electron chi connectivity index (χ4n) is 3.74. The number of methoxy groups -OCH3 is 3. The number of unbranched alkanes of at least 4 members (excludes halogenated alkanes) is 1. The number of anilines is 1. The van der Waals surface area contributed by atoms with E-state index in [4.69, 9.17) is 29.3 Å². The number of nitrogens with zero attached hydrogens (tertiary/aromatic N) is 4.